The van der Waals surface area contributed by atoms with E-state index in [9.17, 15) is 4.39 Å². The minimum absolute atomic E-state index is 0.286. The highest BCUT2D eigenvalue weighted by molar-refractivity contribution is 5.67. The Hall–Kier alpha value is -1.25. The second-order valence-corrected chi connectivity index (χ2v) is 3.58. The molecule has 0 bridgehead atoms. The highest BCUT2D eigenvalue weighted by Crippen LogP contribution is 2.25. The highest BCUT2D eigenvalue weighted by atomic mass is 19.1. The van der Waals surface area contributed by atoms with E-state index in [-0.39, 0.29) is 5.82 Å². The molecule has 0 atom stereocenters. The number of benzene rings is 1. The number of hydrogen-bond acceptors (Lipinski definition) is 2. The van der Waals surface area contributed by atoms with Gasteiger partial charge in [0.2, 0.25) is 0 Å². The van der Waals surface area contributed by atoms with Crippen LogP contribution in [0.25, 0.3) is 0 Å². The van der Waals surface area contributed by atoms with E-state index in [2.05, 4.69) is 25.7 Å². The van der Waals surface area contributed by atoms with Crippen molar-refractivity contribution in [2.75, 3.05) is 17.2 Å². The molecule has 1 aromatic carbocycles. The molecule has 0 heterocycles. The maximum Gasteiger partial charge on any atom is 0.125 e. The zero-order valence-electron chi connectivity index (χ0n) is 8.92. The predicted octanol–water partition coefficient (Wildman–Crippen LogP) is 2.64. The molecule has 0 fully saturated rings. The lowest BCUT2D eigenvalue weighted by atomic mass is 10.2. The van der Waals surface area contributed by atoms with E-state index in [0.717, 1.165) is 12.2 Å². The van der Waals surface area contributed by atoms with Crippen LogP contribution in [0, 0.1) is 5.82 Å². The first kappa shape index (κ1) is 10.8. The van der Waals surface area contributed by atoms with Crippen LogP contribution in [0.5, 0.6) is 0 Å². The van der Waals surface area contributed by atoms with Crippen LogP contribution >= 0.6 is 0 Å². The Morgan fingerprint density at radius 1 is 1.43 bits per heavy atom. The number of anilines is 2. The van der Waals surface area contributed by atoms with Crippen molar-refractivity contribution in [2.24, 2.45) is 0 Å². The summed E-state index contributed by atoms with van der Waals surface area (Å²) in [5.41, 5.74) is 7.16. The molecular weight excluding hydrogens is 179 g/mol. The lowest BCUT2D eigenvalue weighted by Gasteiger charge is -2.28. The Morgan fingerprint density at radius 3 is 2.50 bits per heavy atom. The Morgan fingerprint density at radius 2 is 2.07 bits per heavy atom. The van der Waals surface area contributed by atoms with Gasteiger partial charge in [0.25, 0.3) is 0 Å². The normalized spacial score (nSPS) is 10.6. The van der Waals surface area contributed by atoms with Crippen LogP contribution in [-0.4, -0.2) is 12.6 Å². The van der Waals surface area contributed by atoms with Crippen molar-refractivity contribution in [1.29, 1.82) is 0 Å². The lowest BCUT2D eigenvalue weighted by molar-refractivity contribution is 0.627. The van der Waals surface area contributed by atoms with Crippen LogP contribution in [0.2, 0.25) is 0 Å². The fourth-order valence-corrected chi connectivity index (χ4v) is 1.60. The molecule has 0 aliphatic rings. The minimum atomic E-state index is -0.286. The van der Waals surface area contributed by atoms with Crippen molar-refractivity contribution >= 4 is 11.4 Å². The Labute approximate surface area is 84.5 Å². The van der Waals surface area contributed by atoms with Gasteiger partial charge in [0.15, 0.2) is 0 Å². The first-order valence-corrected chi connectivity index (χ1v) is 4.88. The van der Waals surface area contributed by atoms with Crippen LogP contribution in [-0.2, 0) is 0 Å². The van der Waals surface area contributed by atoms with Gasteiger partial charge in [0, 0.05) is 12.6 Å². The topological polar surface area (TPSA) is 29.3 Å². The smallest absolute Gasteiger partial charge is 0.125 e. The number of nitrogens with two attached hydrogens (primary N) is 1. The SMILES string of the molecule is CCN(c1ccc(F)cc1N)C(C)C. The molecule has 2 N–H and O–H groups in total. The van der Waals surface area contributed by atoms with Gasteiger partial charge >= 0.3 is 0 Å². The molecule has 0 aliphatic carbocycles. The van der Waals surface area contributed by atoms with Gasteiger partial charge in [-0.15, -0.1) is 0 Å². The second kappa shape index (κ2) is 4.31. The summed E-state index contributed by atoms with van der Waals surface area (Å²) in [4.78, 5) is 2.13. The standard InChI is InChI=1S/C11H17FN2/c1-4-14(8(2)3)11-6-5-9(12)7-10(11)13/h5-8H,4,13H2,1-3H3. The van der Waals surface area contributed by atoms with Gasteiger partial charge in [-0.1, -0.05) is 0 Å². The molecule has 0 unspecified atom stereocenters. The molecule has 0 saturated heterocycles. The van der Waals surface area contributed by atoms with E-state index in [0.29, 0.717) is 11.7 Å². The number of halogens is 1. The van der Waals surface area contributed by atoms with Crippen LogP contribution in [0.1, 0.15) is 20.8 Å². The first-order valence-electron chi connectivity index (χ1n) is 4.88. The number of nitrogens with zero attached hydrogens (tertiary/aromatic N) is 1. The maximum atomic E-state index is 12.8. The molecule has 0 radical (unpaired) electrons. The van der Waals surface area contributed by atoms with Gasteiger partial charge in [-0.25, -0.2) is 4.39 Å². The molecule has 0 amide bonds. The summed E-state index contributed by atoms with van der Waals surface area (Å²) in [5.74, 6) is -0.286. The Kier molecular flexibility index (Phi) is 3.33. The van der Waals surface area contributed by atoms with Gasteiger partial charge in [-0.2, -0.15) is 0 Å². The first-order chi connectivity index (χ1) is 6.56. The number of nitrogen functional groups attached to an aromatic ring is 1. The van der Waals surface area contributed by atoms with Gasteiger partial charge in [0.1, 0.15) is 5.82 Å². The van der Waals surface area contributed by atoms with Crippen molar-refractivity contribution in [3.05, 3.63) is 24.0 Å². The molecule has 1 aromatic rings. The van der Waals surface area contributed by atoms with Crippen molar-refractivity contribution in [3.63, 3.8) is 0 Å². The lowest BCUT2D eigenvalue weighted by Crippen LogP contribution is -2.30. The zero-order chi connectivity index (χ0) is 10.7. The molecule has 0 aromatic heterocycles. The summed E-state index contributed by atoms with van der Waals surface area (Å²) < 4.78 is 12.8. The Bertz CT molecular complexity index is 310. The van der Waals surface area contributed by atoms with E-state index in [1.54, 1.807) is 6.07 Å². The predicted molar refractivity (Wildman–Crippen MR) is 59.0 cm³/mol. The van der Waals surface area contributed by atoms with Gasteiger partial charge in [-0.05, 0) is 39.0 Å². The number of rotatable bonds is 3. The molecular formula is C11H17FN2. The van der Waals surface area contributed by atoms with E-state index < -0.39 is 0 Å². The molecule has 2 nitrogen and oxygen atoms in total. The monoisotopic (exact) mass is 196 g/mol. The van der Waals surface area contributed by atoms with Crippen molar-refractivity contribution in [2.45, 2.75) is 26.8 Å². The summed E-state index contributed by atoms with van der Waals surface area (Å²) in [5, 5.41) is 0. The van der Waals surface area contributed by atoms with Crippen molar-refractivity contribution < 1.29 is 4.39 Å². The van der Waals surface area contributed by atoms with Crippen molar-refractivity contribution in [3.8, 4) is 0 Å². The summed E-state index contributed by atoms with van der Waals surface area (Å²) in [6.45, 7) is 7.11. The van der Waals surface area contributed by atoms with Crippen molar-refractivity contribution in [1.82, 2.24) is 0 Å². The van der Waals surface area contributed by atoms with Gasteiger partial charge in [-0.3, -0.25) is 0 Å². The zero-order valence-corrected chi connectivity index (χ0v) is 8.92. The third-order valence-corrected chi connectivity index (χ3v) is 2.26. The fraction of sp³-hybridized carbons (Fsp3) is 0.455. The largest absolute Gasteiger partial charge is 0.397 e. The fourth-order valence-electron chi connectivity index (χ4n) is 1.60. The molecule has 14 heavy (non-hydrogen) atoms. The summed E-state index contributed by atoms with van der Waals surface area (Å²) in [7, 11) is 0. The second-order valence-electron chi connectivity index (χ2n) is 3.58. The van der Waals surface area contributed by atoms with Gasteiger partial charge < -0.3 is 10.6 Å². The van der Waals surface area contributed by atoms with E-state index in [1.807, 2.05) is 0 Å². The summed E-state index contributed by atoms with van der Waals surface area (Å²) >= 11 is 0. The Balaban J connectivity index is 3.04. The van der Waals surface area contributed by atoms with Crippen LogP contribution in [0.3, 0.4) is 0 Å². The molecule has 0 spiro atoms. The summed E-state index contributed by atoms with van der Waals surface area (Å²) in [6, 6.07) is 4.90. The van der Waals surface area contributed by atoms with E-state index in [1.165, 1.54) is 12.1 Å². The average Bonchev–Trinajstić information content (AvgIpc) is 2.09. The van der Waals surface area contributed by atoms with E-state index >= 15 is 0 Å². The highest BCUT2D eigenvalue weighted by Gasteiger charge is 2.11. The molecule has 3 heteroatoms. The molecule has 0 aliphatic heterocycles. The van der Waals surface area contributed by atoms with Crippen LogP contribution < -0.4 is 10.6 Å². The molecule has 1 rings (SSSR count). The third kappa shape index (κ3) is 2.16. The van der Waals surface area contributed by atoms with Crippen LogP contribution in [0.4, 0.5) is 15.8 Å². The van der Waals surface area contributed by atoms with Gasteiger partial charge in [0.05, 0.1) is 11.4 Å². The summed E-state index contributed by atoms with van der Waals surface area (Å²) in [6.07, 6.45) is 0. The third-order valence-electron chi connectivity index (χ3n) is 2.26. The average molecular weight is 196 g/mol. The number of hydrogen-bond donors (Lipinski definition) is 1. The van der Waals surface area contributed by atoms with E-state index in [4.69, 9.17) is 5.73 Å². The minimum Gasteiger partial charge on any atom is -0.397 e. The quantitative estimate of drug-likeness (QED) is 0.753. The van der Waals surface area contributed by atoms with Crippen LogP contribution in [0.15, 0.2) is 18.2 Å². The maximum absolute atomic E-state index is 12.8. The molecule has 78 valence electrons. The molecule has 0 saturated carbocycles.